The Labute approximate surface area is 98.7 Å². The summed E-state index contributed by atoms with van der Waals surface area (Å²) in [6.45, 7) is 3.06. The number of hydrogen-bond donors (Lipinski definition) is 1. The molecule has 15 heavy (non-hydrogen) atoms. The van der Waals surface area contributed by atoms with Crippen molar-refractivity contribution in [3.05, 3.63) is 28.2 Å². The van der Waals surface area contributed by atoms with Crippen LogP contribution < -0.4 is 10.5 Å². The van der Waals surface area contributed by atoms with Crippen molar-refractivity contribution in [3.63, 3.8) is 0 Å². The standard InChI is InChI=1S/C11H16BrNO2/c1-3-15-11(7-13)9-6-8(14-2)4-5-10(9)12/h4-6,11H,3,7,13H2,1-2H3. The Hall–Kier alpha value is -0.580. The quantitative estimate of drug-likeness (QED) is 0.897. The number of methoxy groups -OCH3 is 1. The molecule has 0 aromatic heterocycles. The Kier molecular flexibility index (Phi) is 5.08. The zero-order valence-electron chi connectivity index (χ0n) is 9.00. The van der Waals surface area contributed by atoms with E-state index in [0.717, 1.165) is 15.8 Å². The van der Waals surface area contributed by atoms with Gasteiger partial charge < -0.3 is 15.2 Å². The average Bonchev–Trinajstić information content (AvgIpc) is 2.27. The molecule has 2 N–H and O–H groups in total. The summed E-state index contributed by atoms with van der Waals surface area (Å²) in [6.07, 6.45) is -0.0838. The van der Waals surface area contributed by atoms with Gasteiger partial charge in [-0.1, -0.05) is 15.9 Å². The van der Waals surface area contributed by atoms with Crippen molar-refractivity contribution >= 4 is 15.9 Å². The smallest absolute Gasteiger partial charge is 0.119 e. The third kappa shape index (κ3) is 3.19. The Morgan fingerprint density at radius 3 is 2.73 bits per heavy atom. The van der Waals surface area contributed by atoms with Gasteiger partial charge in [0.15, 0.2) is 0 Å². The summed E-state index contributed by atoms with van der Waals surface area (Å²) in [5.41, 5.74) is 6.69. The van der Waals surface area contributed by atoms with Crippen molar-refractivity contribution in [2.24, 2.45) is 5.73 Å². The maximum atomic E-state index is 5.66. The number of rotatable bonds is 5. The van der Waals surface area contributed by atoms with E-state index in [1.54, 1.807) is 7.11 Å². The van der Waals surface area contributed by atoms with Gasteiger partial charge in [-0.2, -0.15) is 0 Å². The minimum absolute atomic E-state index is 0.0838. The molecular formula is C11H16BrNO2. The number of nitrogens with two attached hydrogens (primary N) is 1. The van der Waals surface area contributed by atoms with E-state index in [9.17, 15) is 0 Å². The van der Waals surface area contributed by atoms with Crippen molar-refractivity contribution in [1.29, 1.82) is 0 Å². The molecule has 1 rings (SSSR count). The normalized spacial score (nSPS) is 12.5. The molecule has 1 unspecified atom stereocenters. The van der Waals surface area contributed by atoms with Crippen LogP contribution in [0, 0.1) is 0 Å². The zero-order chi connectivity index (χ0) is 11.3. The highest BCUT2D eigenvalue weighted by Gasteiger charge is 2.13. The van der Waals surface area contributed by atoms with E-state index in [4.69, 9.17) is 15.2 Å². The van der Waals surface area contributed by atoms with Crippen molar-refractivity contribution in [1.82, 2.24) is 0 Å². The Balaban J connectivity index is 2.98. The van der Waals surface area contributed by atoms with Crippen LogP contribution in [0.3, 0.4) is 0 Å². The van der Waals surface area contributed by atoms with Gasteiger partial charge in [0.05, 0.1) is 13.2 Å². The minimum Gasteiger partial charge on any atom is -0.497 e. The SMILES string of the molecule is CCOC(CN)c1cc(OC)ccc1Br. The maximum absolute atomic E-state index is 5.66. The fraction of sp³-hybridized carbons (Fsp3) is 0.455. The third-order valence-corrected chi connectivity index (χ3v) is 2.85. The van der Waals surface area contributed by atoms with E-state index in [-0.39, 0.29) is 6.10 Å². The Morgan fingerprint density at radius 2 is 2.20 bits per heavy atom. The molecule has 0 aliphatic rings. The molecule has 84 valence electrons. The van der Waals surface area contributed by atoms with Crippen molar-refractivity contribution in [3.8, 4) is 5.75 Å². The van der Waals surface area contributed by atoms with Crippen LogP contribution in [0.5, 0.6) is 5.75 Å². The summed E-state index contributed by atoms with van der Waals surface area (Å²) in [5, 5.41) is 0. The van der Waals surface area contributed by atoms with Crippen LogP contribution in [0.25, 0.3) is 0 Å². The Morgan fingerprint density at radius 1 is 1.47 bits per heavy atom. The van der Waals surface area contributed by atoms with Gasteiger partial charge in [0.25, 0.3) is 0 Å². The lowest BCUT2D eigenvalue weighted by atomic mass is 10.1. The first kappa shape index (κ1) is 12.5. The van der Waals surface area contributed by atoms with Gasteiger partial charge in [-0.3, -0.25) is 0 Å². The molecule has 1 atom stereocenters. The highest BCUT2D eigenvalue weighted by Crippen LogP contribution is 2.29. The van der Waals surface area contributed by atoms with Crippen LogP contribution in [0.15, 0.2) is 22.7 Å². The molecule has 0 radical (unpaired) electrons. The average molecular weight is 274 g/mol. The molecule has 0 aliphatic heterocycles. The predicted molar refractivity (Wildman–Crippen MR) is 64.1 cm³/mol. The second-order valence-corrected chi connectivity index (χ2v) is 3.92. The molecule has 0 saturated heterocycles. The van der Waals surface area contributed by atoms with Crippen LogP contribution in [0.4, 0.5) is 0 Å². The molecule has 0 aliphatic carbocycles. The van der Waals surface area contributed by atoms with Gasteiger partial charge in [-0.05, 0) is 30.7 Å². The van der Waals surface area contributed by atoms with Gasteiger partial charge in [0, 0.05) is 17.6 Å². The van der Waals surface area contributed by atoms with E-state index in [2.05, 4.69) is 15.9 Å². The van der Waals surface area contributed by atoms with Crippen molar-refractivity contribution in [2.75, 3.05) is 20.3 Å². The molecule has 3 nitrogen and oxygen atoms in total. The first-order chi connectivity index (χ1) is 7.22. The first-order valence-electron chi connectivity index (χ1n) is 4.88. The monoisotopic (exact) mass is 273 g/mol. The van der Waals surface area contributed by atoms with Crippen molar-refractivity contribution < 1.29 is 9.47 Å². The number of hydrogen-bond acceptors (Lipinski definition) is 3. The van der Waals surface area contributed by atoms with E-state index < -0.39 is 0 Å². The van der Waals surface area contributed by atoms with Gasteiger partial charge in [-0.25, -0.2) is 0 Å². The number of ether oxygens (including phenoxy) is 2. The van der Waals surface area contributed by atoms with Crippen LogP contribution in [0.2, 0.25) is 0 Å². The van der Waals surface area contributed by atoms with E-state index >= 15 is 0 Å². The summed E-state index contributed by atoms with van der Waals surface area (Å²) >= 11 is 3.48. The van der Waals surface area contributed by atoms with Crippen LogP contribution in [0.1, 0.15) is 18.6 Å². The van der Waals surface area contributed by atoms with Crippen LogP contribution in [-0.4, -0.2) is 20.3 Å². The summed E-state index contributed by atoms with van der Waals surface area (Å²) in [5.74, 6) is 0.811. The highest BCUT2D eigenvalue weighted by atomic mass is 79.9. The molecule has 4 heteroatoms. The second-order valence-electron chi connectivity index (χ2n) is 3.07. The summed E-state index contributed by atoms with van der Waals surface area (Å²) in [7, 11) is 1.64. The lowest BCUT2D eigenvalue weighted by Crippen LogP contribution is -2.16. The second kappa shape index (κ2) is 6.10. The predicted octanol–water partition coefficient (Wildman–Crippen LogP) is 2.49. The van der Waals surface area contributed by atoms with Gasteiger partial charge in [-0.15, -0.1) is 0 Å². The topological polar surface area (TPSA) is 44.5 Å². The van der Waals surface area contributed by atoms with Crippen LogP contribution in [-0.2, 0) is 4.74 Å². The largest absolute Gasteiger partial charge is 0.497 e. The van der Waals surface area contributed by atoms with E-state index in [0.29, 0.717) is 13.2 Å². The van der Waals surface area contributed by atoms with E-state index in [1.807, 2.05) is 25.1 Å². The summed E-state index contributed by atoms with van der Waals surface area (Å²) < 4.78 is 11.7. The highest BCUT2D eigenvalue weighted by molar-refractivity contribution is 9.10. The molecule has 0 bridgehead atoms. The molecule has 1 aromatic rings. The fourth-order valence-electron chi connectivity index (χ4n) is 1.38. The molecular weight excluding hydrogens is 258 g/mol. The Bertz CT molecular complexity index is 317. The lowest BCUT2D eigenvalue weighted by molar-refractivity contribution is 0.0682. The maximum Gasteiger partial charge on any atom is 0.119 e. The summed E-state index contributed by atoms with van der Waals surface area (Å²) in [4.78, 5) is 0. The third-order valence-electron chi connectivity index (χ3n) is 2.13. The van der Waals surface area contributed by atoms with Crippen molar-refractivity contribution in [2.45, 2.75) is 13.0 Å². The first-order valence-corrected chi connectivity index (χ1v) is 5.67. The van der Waals surface area contributed by atoms with Gasteiger partial charge >= 0.3 is 0 Å². The fourth-order valence-corrected chi connectivity index (χ4v) is 1.88. The van der Waals surface area contributed by atoms with Crippen LogP contribution >= 0.6 is 15.9 Å². The van der Waals surface area contributed by atoms with Gasteiger partial charge in [0.2, 0.25) is 0 Å². The molecule has 0 fully saturated rings. The number of halogens is 1. The molecule has 0 saturated carbocycles. The summed E-state index contributed by atoms with van der Waals surface area (Å²) in [6, 6.07) is 5.78. The molecule has 0 heterocycles. The molecule has 0 amide bonds. The zero-order valence-corrected chi connectivity index (χ0v) is 10.6. The lowest BCUT2D eigenvalue weighted by Gasteiger charge is -2.17. The van der Waals surface area contributed by atoms with Gasteiger partial charge in [0.1, 0.15) is 5.75 Å². The number of benzene rings is 1. The minimum atomic E-state index is -0.0838. The molecule has 0 spiro atoms. The van der Waals surface area contributed by atoms with E-state index in [1.165, 1.54) is 0 Å². The molecule has 1 aromatic carbocycles.